The van der Waals surface area contributed by atoms with Gasteiger partial charge in [-0.3, -0.25) is 9.59 Å². The summed E-state index contributed by atoms with van der Waals surface area (Å²) in [6, 6.07) is 0.237. The second-order valence-corrected chi connectivity index (χ2v) is 7.03. The molecule has 1 fully saturated rings. The molecule has 0 bridgehead atoms. The van der Waals surface area contributed by atoms with Crippen molar-refractivity contribution in [2.75, 3.05) is 6.54 Å². The van der Waals surface area contributed by atoms with Gasteiger partial charge in [0.25, 0.3) is 11.8 Å². The van der Waals surface area contributed by atoms with Gasteiger partial charge in [-0.2, -0.15) is 0 Å². The second kappa shape index (κ2) is 6.87. The first-order chi connectivity index (χ1) is 12.2. The third kappa shape index (κ3) is 3.26. The Bertz CT molecular complexity index is 767. The largest absolute Gasteiger partial charge is 0.347 e. The lowest BCUT2D eigenvalue weighted by Gasteiger charge is -2.17. The molecular formula is C15H19N7O2S. The van der Waals surface area contributed by atoms with E-state index < -0.39 is 0 Å². The number of nitrogens with zero attached hydrogens (tertiary/aromatic N) is 6. The number of hydrogen-bond donors (Lipinski definition) is 1. The van der Waals surface area contributed by atoms with Crippen molar-refractivity contribution in [3.05, 3.63) is 22.7 Å². The van der Waals surface area contributed by atoms with Crippen LogP contribution in [-0.2, 0) is 13.1 Å². The van der Waals surface area contributed by atoms with Crippen LogP contribution in [0.25, 0.3) is 0 Å². The number of aromatic nitrogens is 5. The summed E-state index contributed by atoms with van der Waals surface area (Å²) >= 11 is 1.15. The molecule has 2 aliphatic rings. The van der Waals surface area contributed by atoms with Crippen LogP contribution in [0.5, 0.6) is 0 Å². The first-order valence-electron chi connectivity index (χ1n) is 8.51. The molecule has 0 aromatic carbocycles. The van der Waals surface area contributed by atoms with E-state index in [1.165, 1.54) is 0 Å². The van der Waals surface area contributed by atoms with Gasteiger partial charge in [0.05, 0.1) is 6.54 Å². The number of nitrogens with one attached hydrogen (secondary N) is 1. The molecule has 0 radical (unpaired) electrons. The summed E-state index contributed by atoms with van der Waals surface area (Å²) in [5.74, 6) is 0.633. The fourth-order valence-corrected chi connectivity index (χ4v) is 3.87. The average Bonchev–Trinajstić information content (AvgIpc) is 3.34. The SMILES string of the molecule is O=C(NC1CCCC1)c1nnc2n1CCCN(C(=O)c1csnn1)C2. The van der Waals surface area contributed by atoms with Gasteiger partial charge < -0.3 is 14.8 Å². The summed E-state index contributed by atoms with van der Waals surface area (Å²) in [7, 11) is 0. The van der Waals surface area contributed by atoms with Gasteiger partial charge in [0.2, 0.25) is 5.82 Å². The third-order valence-electron chi connectivity index (χ3n) is 4.73. The number of amides is 2. The molecule has 0 saturated heterocycles. The molecular weight excluding hydrogens is 342 g/mol. The van der Waals surface area contributed by atoms with Crippen molar-refractivity contribution in [3.63, 3.8) is 0 Å². The lowest BCUT2D eigenvalue weighted by molar-refractivity contribution is 0.0737. The van der Waals surface area contributed by atoms with Crippen molar-refractivity contribution in [1.82, 2.24) is 34.6 Å². The highest BCUT2D eigenvalue weighted by Gasteiger charge is 2.28. The van der Waals surface area contributed by atoms with Crippen LogP contribution in [0.3, 0.4) is 0 Å². The molecule has 0 spiro atoms. The van der Waals surface area contributed by atoms with Crippen LogP contribution in [0.4, 0.5) is 0 Å². The van der Waals surface area contributed by atoms with Crippen LogP contribution in [-0.4, -0.2) is 53.7 Å². The fraction of sp³-hybridized carbons (Fsp3) is 0.600. The van der Waals surface area contributed by atoms with Gasteiger partial charge in [0, 0.05) is 24.5 Å². The van der Waals surface area contributed by atoms with Crippen molar-refractivity contribution in [1.29, 1.82) is 0 Å². The lowest BCUT2D eigenvalue weighted by atomic mass is 10.2. The van der Waals surface area contributed by atoms with Crippen LogP contribution in [0.15, 0.2) is 5.38 Å². The Hall–Kier alpha value is -2.36. The van der Waals surface area contributed by atoms with E-state index in [1.54, 1.807) is 10.3 Å². The molecule has 0 unspecified atom stereocenters. The van der Waals surface area contributed by atoms with Crippen molar-refractivity contribution in [2.45, 2.75) is 51.2 Å². The van der Waals surface area contributed by atoms with Crippen LogP contribution in [0, 0.1) is 0 Å². The van der Waals surface area contributed by atoms with Crippen molar-refractivity contribution < 1.29 is 9.59 Å². The molecule has 2 aromatic heterocycles. The molecule has 1 aliphatic carbocycles. The van der Waals surface area contributed by atoms with Gasteiger partial charge in [-0.25, -0.2) is 0 Å². The zero-order valence-corrected chi connectivity index (χ0v) is 14.5. The number of carbonyl (C=O) groups is 2. The summed E-state index contributed by atoms with van der Waals surface area (Å²) in [5.41, 5.74) is 0.345. The molecule has 2 amide bonds. The third-order valence-corrected chi connectivity index (χ3v) is 5.23. The molecule has 2 aromatic rings. The van der Waals surface area contributed by atoms with Gasteiger partial charge in [-0.05, 0) is 30.8 Å². The number of fused-ring (bicyclic) bond motifs is 1. The summed E-state index contributed by atoms with van der Waals surface area (Å²) in [4.78, 5) is 26.7. The molecule has 132 valence electrons. The molecule has 0 atom stereocenters. The molecule has 3 heterocycles. The average molecular weight is 361 g/mol. The van der Waals surface area contributed by atoms with Crippen molar-refractivity contribution >= 4 is 23.3 Å². The highest BCUT2D eigenvalue weighted by Crippen LogP contribution is 2.19. The van der Waals surface area contributed by atoms with Crippen molar-refractivity contribution in [2.24, 2.45) is 0 Å². The molecule has 10 heteroatoms. The summed E-state index contributed by atoms with van der Waals surface area (Å²) in [6.07, 6.45) is 5.10. The Morgan fingerprint density at radius 1 is 1.12 bits per heavy atom. The van der Waals surface area contributed by atoms with E-state index >= 15 is 0 Å². The summed E-state index contributed by atoms with van der Waals surface area (Å²) < 4.78 is 5.57. The minimum atomic E-state index is -0.172. The van der Waals surface area contributed by atoms with E-state index in [1.807, 2.05) is 4.57 Å². The smallest absolute Gasteiger partial charge is 0.289 e. The topological polar surface area (TPSA) is 106 Å². The highest BCUT2D eigenvalue weighted by molar-refractivity contribution is 7.03. The summed E-state index contributed by atoms with van der Waals surface area (Å²) in [5, 5.41) is 16.8. The molecule has 9 nitrogen and oxygen atoms in total. The maximum atomic E-state index is 12.5. The van der Waals surface area contributed by atoms with Gasteiger partial charge >= 0.3 is 0 Å². The minimum absolute atomic E-state index is 0.165. The Morgan fingerprint density at radius 3 is 2.72 bits per heavy atom. The monoisotopic (exact) mass is 361 g/mol. The number of hydrogen-bond acceptors (Lipinski definition) is 7. The maximum absolute atomic E-state index is 12.5. The van der Waals surface area contributed by atoms with E-state index in [2.05, 4.69) is 25.1 Å². The Labute approximate surface area is 148 Å². The molecule has 25 heavy (non-hydrogen) atoms. The molecule has 4 rings (SSSR count). The highest BCUT2D eigenvalue weighted by atomic mass is 32.1. The Kier molecular flexibility index (Phi) is 4.43. The van der Waals surface area contributed by atoms with E-state index in [-0.39, 0.29) is 17.9 Å². The second-order valence-electron chi connectivity index (χ2n) is 6.42. The van der Waals surface area contributed by atoms with Gasteiger partial charge in [-0.15, -0.1) is 15.3 Å². The van der Waals surface area contributed by atoms with E-state index in [0.717, 1.165) is 43.6 Å². The van der Waals surface area contributed by atoms with Crippen LogP contribution >= 0.6 is 11.5 Å². The van der Waals surface area contributed by atoms with E-state index in [0.29, 0.717) is 37.0 Å². The number of carbonyl (C=O) groups excluding carboxylic acids is 2. The zero-order chi connectivity index (χ0) is 17.2. The normalized spacial score (nSPS) is 18.0. The molecule has 1 saturated carbocycles. The maximum Gasteiger partial charge on any atom is 0.289 e. The predicted octanol–water partition coefficient (Wildman–Crippen LogP) is 0.848. The van der Waals surface area contributed by atoms with Crippen molar-refractivity contribution in [3.8, 4) is 0 Å². The van der Waals surface area contributed by atoms with Gasteiger partial charge in [-0.1, -0.05) is 17.3 Å². The first kappa shape index (κ1) is 16.1. The van der Waals surface area contributed by atoms with Gasteiger partial charge in [0.1, 0.15) is 0 Å². The Balaban J connectivity index is 1.50. The molecule has 1 N–H and O–H groups in total. The zero-order valence-electron chi connectivity index (χ0n) is 13.7. The van der Waals surface area contributed by atoms with Crippen LogP contribution in [0.1, 0.15) is 59.0 Å². The van der Waals surface area contributed by atoms with Crippen LogP contribution < -0.4 is 5.32 Å². The fourth-order valence-electron chi connectivity index (χ4n) is 3.44. The first-order valence-corrected chi connectivity index (χ1v) is 9.35. The van der Waals surface area contributed by atoms with Gasteiger partial charge in [0.15, 0.2) is 11.5 Å². The quantitative estimate of drug-likeness (QED) is 0.869. The van der Waals surface area contributed by atoms with E-state index in [4.69, 9.17) is 0 Å². The number of rotatable bonds is 3. The standard InChI is InChI=1S/C15H19N7O2S/c23-14(16-10-4-1-2-5-10)13-19-18-12-8-21(6-3-7-22(12)13)15(24)11-9-25-20-17-11/h9-10H,1-8H2,(H,16,23). The van der Waals surface area contributed by atoms with E-state index in [9.17, 15) is 9.59 Å². The van der Waals surface area contributed by atoms with Crippen LogP contribution in [0.2, 0.25) is 0 Å². The predicted molar refractivity (Wildman–Crippen MR) is 89.0 cm³/mol. The Morgan fingerprint density at radius 2 is 1.96 bits per heavy atom. The minimum Gasteiger partial charge on any atom is -0.347 e. The lowest BCUT2D eigenvalue weighted by Crippen LogP contribution is -2.34. The summed E-state index contributed by atoms with van der Waals surface area (Å²) in [6.45, 7) is 1.53. The molecule has 1 aliphatic heterocycles.